The number of rotatable bonds is 4. The van der Waals surface area contributed by atoms with Crippen LogP contribution in [0.3, 0.4) is 0 Å². The van der Waals surface area contributed by atoms with Crippen molar-refractivity contribution in [2.24, 2.45) is 0 Å². The Morgan fingerprint density at radius 2 is 1.52 bits per heavy atom. The fourth-order valence-electron chi connectivity index (χ4n) is 3.60. The minimum Gasteiger partial charge on any atom is -0.348 e. The number of hydrogen-bond acceptors (Lipinski definition) is 2. The van der Waals surface area contributed by atoms with Crippen LogP contribution in [0.4, 0.5) is 0 Å². The number of nitrogens with zero attached hydrogens (tertiary/aromatic N) is 1. The predicted molar refractivity (Wildman–Crippen MR) is 136 cm³/mol. The van der Waals surface area contributed by atoms with Crippen molar-refractivity contribution in [3.05, 3.63) is 110 Å². The van der Waals surface area contributed by atoms with E-state index < -0.39 is 0 Å². The molecule has 1 aromatic heterocycles. The van der Waals surface area contributed by atoms with Crippen LogP contribution in [0.5, 0.6) is 0 Å². The van der Waals surface area contributed by atoms with Gasteiger partial charge in [-0.3, -0.25) is 14.2 Å². The first-order valence-corrected chi connectivity index (χ1v) is 11.7. The van der Waals surface area contributed by atoms with Crippen molar-refractivity contribution >= 4 is 39.9 Å². The van der Waals surface area contributed by atoms with Gasteiger partial charge in [-0.1, -0.05) is 91.0 Å². The molecule has 168 valence electrons. The summed E-state index contributed by atoms with van der Waals surface area (Å²) in [4.78, 5) is 26.6. The van der Waals surface area contributed by atoms with Crippen molar-refractivity contribution in [1.82, 2.24) is 9.88 Å². The first-order chi connectivity index (χ1) is 16.0. The minimum absolute atomic E-state index is 0.262. The second-order valence-electron chi connectivity index (χ2n) is 7.93. The normalized spacial score (nSPS) is 12.1. The van der Waals surface area contributed by atoms with E-state index in [4.69, 9.17) is 23.2 Å². The molecule has 33 heavy (non-hydrogen) atoms. The highest BCUT2D eigenvalue weighted by Crippen LogP contribution is 2.27. The van der Waals surface area contributed by atoms with Gasteiger partial charge in [0.25, 0.3) is 11.5 Å². The van der Waals surface area contributed by atoms with Gasteiger partial charge < -0.3 is 5.32 Å². The summed E-state index contributed by atoms with van der Waals surface area (Å²) in [7, 11) is 0. The zero-order valence-corrected chi connectivity index (χ0v) is 19.8. The van der Waals surface area contributed by atoms with Gasteiger partial charge in [-0.2, -0.15) is 0 Å². The molecule has 1 saturated carbocycles. The number of para-hydroxylation sites is 1. The van der Waals surface area contributed by atoms with Gasteiger partial charge in [0.2, 0.25) is 0 Å². The molecule has 1 heterocycles. The Kier molecular flexibility index (Phi) is 7.17. The Balaban J connectivity index is 0.000000799. The molecule has 0 atom stereocenters. The molecule has 0 saturated heterocycles. The van der Waals surface area contributed by atoms with E-state index in [9.17, 15) is 9.59 Å². The molecule has 0 bridgehead atoms. The lowest BCUT2D eigenvalue weighted by Crippen LogP contribution is -2.29. The van der Waals surface area contributed by atoms with Gasteiger partial charge in [-0.25, -0.2) is 0 Å². The molecule has 5 rings (SSSR count). The Morgan fingerprint density at radius 3 is 2.18 bits per heavy atom. The quantitative estimate of drug-likeness (QED) is 0.354. The van der Waals surface area contributed by atoms with Gasteiger partial charge in [0.1, 0.15) is 0 Å². The lowest BCUT2D eigenvalue weighted by molar-refractivity contribution is 0.0951. The maximum atomic E-state index is 13.3. The van der Waals surface area contributed by atoms with E-state index in [1.54, 1.807) is 31.2 Å². The molecule has 0 unspecified atom stereocenters. The summed E-state index contributed by atoms with van der Waals surface area (Å²) >= 11 is 12.6. The average molecular weight is 479 g/mol. The van der Waals surface area contributed by atoms with Gasteiger partial charge in [0.15, 0.2) is 0 Å². The number of carbonyl (C=O) groups excluding carboxylic acids is 1. The number of aromatic nitrogens is 1. The van der Waals surface area contributed by atoms with Crippen molar-refractivity contribution in [3.8, 4) is 5.69 Å². The van der Waals surface area contributed by atoms with Crippen molar-refractivity contribution in [1.29, 1.82) is 0 Å². The fraction of sp³-hybridized carbons (Fsp3) is 0.185. The molecule has 6 heteroatoms. The number of pyridine rings is 1. The highest BCUT2D eigenvalue weighted by Gasteiger charge is 2.21. The van der Waals surface area contributed by atoms with Crippen LogP contribution in [0, 0.1) is 6.92 Å². The number of fused-ring (bicyclic) bond motifs is 1. The third-order valence-corrected chi connectivity index (χ3v) is 6.07. The lowest BCUT2D eigenvalue weighted by atomic mass is 10.0. The van der Waals surface area contributed by atoms with Crippen LogP contribution in [0.25, 0.3) is 16.5 Å². The van der Waals surface area contributed by atoms with Gasteiger partial charge in [-0.15, -0.1) is 0 Å². The summed E-state index contributed by atoms with van der Waals surface area (Å²) in [6.07, 6.45) is 4.50. The third kappa shape index (κ3) is 5.13. The van der Waals surface area contributed by atoms with Crippen molar-refractivity contribution in [2.45, 2.75) is 32.7 Å². The molecule has 3 aromatic carbocycles. The van der Waals surface area contributed by atoms with Crippen LogP contribution in [0.1, 0.15) is 40.9 Å². The highest BCUT2D eigenvalue weighted by molar-refractivity contribution is 6.36. The first kappa shape index (κ1) is 23.1. The van der Waals surface area contributed by atoms with Crippen molar-refractivity contribution in [2.75, 3.05) is 0 Å². The number of halogens is 2. The van der Waals surface area contributed by atoms with E-state index in [1.165, 1.54) is 23.8 Å². The Bertz CT molecular complexity index is 1360. The number of benzene rings is 3. The van der Waals surface area contributed by atoms with Gasteiger partial charge in [-0.05, 0) is 36.8 Å². The Morgan fingerprint density at radius 1 is 0.879 bits per heavy atom. The molecule has 1 N–H and O–H groups in total. The number of carbonyl (C=O) groups is 1. The van der Waals surface area contributed by atoms with Gasteiger partial charge in [0.05, 0.1) is 16.0 Å². The van der Waals surface area contributed by atoms with E-state index >= 15 is 0 Å². The molecular formula is C27H24Cl2N2O2. The number of hydrogen-bond donors (Lipinski definition) is 1. The molecule has 4 aromatic rings. The molecule has 1 amide bonds. The molecule has 1 aliphatic carbocycles. The SMILES string of the molecule is C1CC1.Cc1c(C(=O)NCc2ccccc2Cl)c2cccc(Cl)c2c(=O)n1-c1ccccc1. The molecule has 1 aliphatic rings. The predicted octanol–water partition coefficient (Wildman–Crippen LogP) is 6.71. The number of nitrogens with one attached hydrogen (secondary N) is 1. The van der Waals surface area contributed by atoms with Crippen LogP contribution in [0.15, 0.2) is 77.6 Å². The summed E-state index contributed by atoms with van der Waals surface area (Å²) in [6, 6.07) is 21.7. The third-order valence-electron chi connectivity index (χ3n) is 5.39. The Hall–Kier alpha value is -3.08. The summed E-state index contributed by atoms with van der Waals surface area (Å²) in [5, 5.41) is 4.65. The average Bonchev–Trinajstić information content (AvgIpc) is 3.69. The van der Waals surface area contributed by atoms with Gasteiger partial charge >= 0.3 is 0 Å². The second kappa shape index (κ2) is 10.2. The first-order valence-electron chi connectivity index (χ1n) is 10.9. The van der Waals surface area contributed by atoms with Crippen LogP contribution < -0.4 is 10.9 Å². The Labute approximate surface area is 202 Å². The molecule has 4 nitrogen and oxygen atoms in total. The molecule has 0 radical (unpaired) electrons. The van der Waals surface area contributed by atoms with Crippen molar-refractivity contribution < 1.29 is 4.79 Å². The standard InChI is InChI=1S/C24H18Cl2N2O2.C3H6/c1-15-21(23(29)27-14-16-8-5-6-12-19(16)25)18-11-7-13-20(26)22(18)24(30)28(15)17-9-3-2-4-10-17;1-2-3-1/h2-13H,14H2,1H3,(H,27,29);1-3H2. The highest BCUT2D eigenvalue weighted by atomic mass is 35.5. The van der Waals surface area contributed by atoms with Crippen LogP contribution in [0.2, 0.25) is 10.0 Å². The molecular weight excluding hydrogens is 455 g/mol. The van der Waals surface area contributed by atoms with E-state index in [1.807, 2.05) is 48.5 Å². The fourth-order valence-corrected chi connectivity index (χ4v) is 4.06. The zero-order chi connectivity index (χ0) is 23.4. The van der Waals surface area contributed by atoms with Gasteiger partial charge in [0, 0.05) is 28.3 Å². The number of amides is 1. The maximum Gasteiger partial charge on any atom is 0.264 e. The van der Waals surface area contributed by atoms with Crippen molar-refractivity contribution in [3.63, 3.8) is 0 Å². The van der Waals surface area contributed by atoms with Crippen LogP contribution in [-0.4, -0.2) is 10.5 Å². The molecule has 0 aliphatic heterocycles. The maximum absolute atomic E-state index is 13.3. The van der Waals surface area contributed by atoms with E-state index in [0.29, 0.717) is 37.8 Å². The summed E-state index contributed by atoms with van der Waals surface area (Å²) < 4.78 is 1.53. The van der Waals surface area contributed by atoms with Crippen LogP contribution in [-0.2, 0) is 6.54 Å². The zero-order valence-electron chi connectivity index (χ0n) is 18.3. The van der Waals surface area contributed by atoms with E-state index in [0.717, 1.165) is 5.56 Å². The molecule has 1 fully saturated rings. The summed E-state index contributed by atoms with van der Waals surface area (Å²) in [5.74, 6) is -0.302. The molecule has 0 spiro atoms. The topological polar surface area (TPSA) is 51.1 Å². The summed E-state index contributed by atoms with van der Waals surface area (Å²) in [6.45, 7) is 2.03. The van der Waals surface area contributed by atoms with E-state index in [-0.39, 0.29) is 18.0 Å². The minimum atomic E-state index is -0.302. The lowest BCUT2D eigenvalue weighted by Gasteiger charge is -2.18. The monoisotopic (exact) mass is 478 g/mol. The van der Waals surface area contributed by atoms with Crippen LogP contribution >= 0.6 is 23.2 Å². The largest absolute Gasteiger partial charge is 0.348 e. The van der Waals surface area contributed by atoms with E-state index in [2.05, 4.69) is 5.32 Å². The second-order valence-corrected chi connectivity index (χ2v) is 8.75. The summed E-state index contributed by atoms with van der Waals surface area (Å²) in [5.41, 5.74) is 2.16. The smallest absolute Gasteiger partial charge is 0.264 e.